The third kappa shape index (κ3) is 4.46. The Labute approximate surface area is 118 Å². The Bertz CT molecular complexity index is 457. The first-order valence-electron chi connectivity index (χ1n) is 6.60. The molecule has 110 valence electrons. The lowest BCUT2D eigenvalue weighted by Crippen LogP contribution is -2.33. The Kier molecular flexibility index (Phi) is 6.36. The van der Waals surface area contributed by atoms with Crippen LogP contribution in [0.1, 0.15) is 30.6 Å². The average Bonchev–Trinajstić information content (AvgIpc) is 2.48. The number of hydrogen-bond donors (Lipinski definition) is 2. The van der Waals surface area contributed by atoms with Gasteiger partial charge in [0.2, 0.25) is 0 Å². The van der Waals surface area contributed by atoms with Crippen molar-refractivity contribution in [3.63, 3.8) is 0 Å². The Morgan fingerprint density at radius 3 is 2.50 bits per heavy atom. The maximum Gasteiger partial charge on any atom is 0.253 e. The summed E-state index contributed by atoms with van der Waals surface area (Å²) in [6.07, 6.45) is 0.340. The third-order valence-electron chi connectivity index (χ3n) is 2.85. The maximum absolute atomic E-state index is 12.3. The molecule has 0 radical (unpaired) electrons. The van der Waals surface area contributed by atoms with E-state index in [4.69, 9.17) is 15.7 Å². The first kappa shape index (κ1) is 15.8. The molecule has 0 bridgehead atoms. The van der Waals surface area contributed by atoms with Crippen molar-refractivity contribution in [2.75, 3.05) is 19.7 Å². The van der Waals surface area contributed by atoms with Gasteiger partial charge in [-0.3, -0.25) is 4.79 Å². The smallest absolute Gasteiger partial charge is 0.253 e. The number of benzene rings is 1. The first-order valence-corrected chi connectivity index (χ1v) is 6.60. The van der Waals surface area contributed by atoms with Gasteiger partial charge in [-0.1, -0.05) is 5.16 Å². The Balaban J connectivity index is 2.70. The van der Waals surface area contributed by atoms with Crippen molar-refractivity contribution in [3.8, 4) is 5.75 Å². The molecule has 6 nitrogen and oxygen atoms in total. The molecule has 3 N–H and O–H groups in total. The molecule has 1 aromatic carbocycles. The van der Waals surface area contributed by atoms with Crippen LogP contribution < -0.4 is 10.5 Å². The van der Waals surface area contributed by atoms with Crippen LogP contribution in [0.25, 0.3) is 0 Å². The van der Waals surface area contributed by atoms with Crippen LogP contribution in [0.4, 0.5) is 0 Å². The molecule has 0 fully saturated rings. The normalized spacial score (nSPS) is 11.2. The molecule has 1 amide bonds. The van der Waals surface area contributed by atoms with Crippen molar-refractivity contribution in [2.24, 2.45) is 10.9 Å². The topological polar surface area (TPSA) is 88.2 Å². The Morgan fingerprint density at radius 2 is 2.00 bits per heavy atom. The van der Waals surface area contributed by atoms with Crippen LogP contribution in [-0.2, 0) is 0 Å². The molecule has 0 saturated heterocycles. The van der Waals surface area contributed by atoms with Crippen LogP contribution in [-0.4, -0.2) is 41.5 Å². The minimum Gasteiger partial charge on any atom is -0.494 e. The molecule has 0 spiro atoms. The predicted molar refractivity (Wildman–Crippen MR) is 77.2 cm³/mol. The second kappa shape index (κ2) is 8.04. The summed E-state index contributed by atoms with van der Waals surface area (Å²) in [5.41, 5.74) is 6.01. The number of amidine groups is 1. The van der Waals surface area contributed by atoms with E-state index in [1.165, 1.54) is 0 Å². The van der Waals surface area contributed by atoms with E-state index in [1.54, 1.807) is 29.2 Å². The lowest BCUT2D eigenvalue weighted by molar-refractivity contribution is 0.0768. The number of carbonyl (C=O) groups is 1. The minimum atomic E-state index is -0.0821. The highest BCUT2D eigenvalue weighted by Crippen LogP contribution is 2.14. The van der Waals surface area contributed by atoms with Gasteiger partial charge in [-0.2, -0.15) is 0 Å². The molecule has 0 aliphatic carbocycles. The molecule has 0 unspecified atom stereocenters. The highest BCUT2D eigenvalue weighted by Gasteiger charge is 2.14. The van der Waals surface area contributed by atoms with Gasteiger partial charge >= 0.3 is 0 Å². The predicted octanol–water partition coefficient (Wildman–Crippen LogP) is 1.68. The van der Waals surface area contributed by atoms with Crippen molar-refractivity contribution >= 4 is 11.7 Å². The molecule has 6 heteroatoms. The molecule has 20 heavy (non-hydrogen) atoms. The van der Waals surface area contributed by atoms with Gasteiger partial charge in [0.25, 0.3) is 5.91 Å². The fourth-order valence-corrected chi connectivity index (χ4v) is 1.75. The highest BCUT2D eigenvalue weighted by atomic mass is 16.5. The number of ether oxygens (including phenoxy) is 1. The molecule has 0 saturated carbocycles. The summed E-state index contributed by atoms with van der Waals surface area (Å²) in [6.45, 7) is 5.36. The Morgan fingerprint density at radius 1 is 1.35 bits per heavy atom. The number of carbonyl (C=O) groups excluding carboxylic acids is 1. The molecule has 1 aromatic rings. The zero-order valence-corrected chi connectivity index (χ0v) is 11.9. The van der Waals surface area contributed by atoms with Crippen molar-refractivity contribution < 1.29 is 14.7 Å². The van der Waals surface area contributed by atoms with E-state index in [1.807, 2.05) is 13.8 Å². The van der Waals surface area contributed by atoms with Gasteiger partial charge in [-0.25, -0.2) is 0 Å². The van der Waals surface area contributed by atoms with Gasteiger partial charge in [-0.05, 0) is 38.1 Å². The number of nitrogens with two attached hydrogens (primary N) is 1. The molecular formula is C14H21N3O3. The molecule has 0 aliphatic heterocycles. The van der Waals surface area contributed by atoms with Crippen LogP contribution in [0.5, 0.6) is 5.75 Å². The lowest BCUT2D eigenvalue weighted by atomic mass is 10.2. The highest BCUT2D eigenvalue weighted by molar-refractivity contribution is 5.94. The lowest BCUT2D eigenvalue weighted by Gasteiger charge is -2.20. The van der Waals surface area contributed by atoms with Gasteiger partial charge in [0.1, 0.15) is 11.6 Å². The quantitative estimate of drug-likeness (QED) is 0.344. The van der Waals surface area contributed by atoms with Crippen molar-refractivity contribution in [3.05, 3.63) is 29.8 Å². The van der Waals surface area contributed by atoms with E-state index in [-0.39, 0.29) is 11.7 Å². The van der Waals surface area contributed by atoms with Gasteiger partial charge in [0, 0.05) is 25.1 Å². The third-order valence-corrected chi connectivity index (χ3v) is 2.85. The summed E-state index contributed by atoms with van der Waals surface area (Å²) < 4.78 is 5.34. The number of nitrogens with zero attached hydrogens (tertiary/aromatic N) is 2. The van der Waals surface area contributed by atoms with E-state index in [9.17, 15) is 4.79 Å². The van der Waals surface area contributed by atoms with Gasteiger partial charge in [0.05, 0.1) is 6.61 Å². The van der Waals surface area contributed by atoms with E-state index < -0.39 is 0 Å². The summed E-state index contributed by atoms with van der Waals surface area (Å²) in [5, 5.41) is 11.4. The van der Waals surface area contributed by atoms with E-state index >= 15 is 0 Å². The number of hydrogen-bond acceptors (Lipinski definition) is 4. The second-order valence-corrected chi connectivity index (χ2v) is 4.18. The first-order chi connectivity index (χ1) is 9.62. The van der Waals surface area contributed by atoms with Gasteiger partial charge in [0.15, 0.2) is 0 Å². The summed E-state index contributed by atoms with van der Waals surface area (Å²) in [5.74, 6) is 0.771. The number of rotatable bonds is 7. The van der Waals surface area contributed by atoms with Gasteiger partial charge < -0.3 is 20.6 Å². The van der Waals surface area contributed by atoms with E-state index in [2.05, 4.69) is 5.16 Å². The monoisotopic (exact) mass is 279 g/mol. The fourth-order valence-electron chi connectivity index (χ4n) is 1.75. The van der Waals surface area contributed by atoms with Crippen molar-refractivity contribution in [1.29, 1.82) is 0 Å². The average molecular weight is 279 g/mol. The second-order valence-electron chi connectivity index (χ2n) is 4.18. The largest absolute Gasteiger partial charge is 0.494 e. The van der Waals surface area contributed by atoms with Crippen LogP contribution >= 0.6 is 0 Å². The van der Waals surface area contributed by atoms with Gasteiger partial charge in [-0.15, -0.1) is 0 Å². The summed E-state index contributed by atoms with van der Waals surface area (Å²) in [4.78, 5) is 13.9. The zero-order chi connectivity index (χ0) is 15.0. The molecule has 0 aliphatic rings. The summed E-state index contributed by atoms with van der Waals surface area (Å²) >= 11 is 0. The zero-order valence-electron chi connectivity index (χ0n) is 11.9. The SMILES string of the molecule is CCOc1ccc(C(=O)N(CC)CCC(N)=NO)cc1. The standard InChI is InChI=1S/C14H21N3O3/c1-3-17(10-9-13(15)16-19)14(18)11-5-7-12(8-6-11)20-4-2/h5-8,19H,3-4,9-10H2,1-2H3,(H2,15,16). The van der Waals surface area contributed by atoms with E-state index in [0.29, 0.717) is 31.7 Å². The van der Waals surface area contributed by atoms with Crippen LogP contribution in [0.15, 0.2) is 29.4 Å². The summed E-state index contributed by atoms with van der Waals surface area (Å²) in [7, 11) is 0. The molecular weight excluding hydrogens is 258 g/mol. The number of amides is 1. The number of oxime groups is 1. The van der Waals surface area contributed by atoms with Crippen molar-refractivity contribution in [2.45, 2.75) is 20.3 Å². The van der Waals surface area contributed by atoms with Crippen LogP contribution in [0, 0.1) is 0 Å². The summed E-state index contributed by atoms with van der Waals surface area (Å²) in [6, 6.07) is 7.02. The Hall–Kier alpha value is -2.24. The van der Waals surface area contributed by atoms with Crippen LogP contribution in [0.3, 0.4) is 0 Å². The molecule has 0 heterocycles. The van der Waals surface area contributed by atoms with Crippen LogP contribution in [0.2, 0.25) is 0 Å². The molecule has 1 rings (SSSR count). The molecule has 0 atom stereocenters. The minimum absolute atomic E-state index is 0.0821. The van der Waals surface area contributed by atoms with Crippen molar-refractivity contribution in [1.82, 2.24) is 4.90 Å². The molecule has 0 aromatic heterocycles. The fraction of sp³-hybridized carbons (Fsp3) is 0.429. The maximum atomic E-state index is 12.3. The van der Waals surface area contributed by atoms with E-state index in [0.717, 1.165) is 5.75 Å².